The lowest BCUT2D eigenvalue weighted by molar-refractivity contribution is -0.124. The van der Waals surface area contributed by atoms with Gasteiger partial charge >= 0.3 is 0 Å². The number of rotatable bonds is 2. The molecule has 2 amide bonds. The molecule has 1 fully saturated rings. The Hall–Kier alpha value is -2.30. The smallest absolute Gasteiger partial charge is 0.254 e. The number of aromatic hydroxyl groups is 1. The number of imide groups is 1. The van der Waals surface area contributed by atoms with E-state index in [1.165, 1.54) is 13.2 Å². The topological polar surface area (TPSA) is 75.6 Å². The molecule has 5 heteroatoms. The van der Waals surface area contributed by atoms with Gasteiger partial charge in [-0.2, -0.15) is 0 Å². The van der Waals surface area contributed by atoms with E-state index in [1.54, 1.807) is 18.2 Å². The van der Waals surface area contributed by atoms with Crippen LogP contribution in [0.5, 0.6) is 11.5 Å². The summed E-state index contributed by atoms with van der Waals surface area (Å²) >= 11 is 0. The summed E-state index contributed by atoms with van der Waals surface area (Å²) < 4.78 is 4.90. The molecule has 0 aliphatic carbocycles. The zero-order valence-electron chi connectivity index (χ0n) is 9.19. The van der Waals surface area contributed by atoms with E-state index in [9.17, 15) is 14.7 Å². The molecule has 0 radical (unpaired) electrons. The van der Waals surface area contributed by atoms with Gasteiger partial charge in [0.05, 0.1) is 13.5 Å². The fraction of sp³-hybridized carbons (Fsp3) is 0.167. The summed E-state index contributed by atoms with van der Waals surface area (Å²) in [7, 11) is 1.45. The van der Waals surface area contributed by atoms with Crippen LogP contribution in [-0.4, -0.2) is 24.0 Å². The highest BCUT2D eigenvalue weighted by Gasteiger charge is 2.23. The highest BCUT2D eigenvalue weighted by Crippen LogP contribution is 2.27. The number of hydrogen-bond acceptors (Lipinski definition) is 4. The molecule has 0 unspecified atom stereocenters. The molecule has 2 N–H and O–H groups in total. The number of ether oxygens (including phenoxy) is 1. The predicted molar refractivity (Wildman–Crippen MR) is 60.4 cm³/mol. The van der Waals surface area contributed by atoms with Gasteiger partial charge in [0, 0.05) is 5.57 Å². The highest BCUT2D eigenvalue weighted by molar-refractivity contribution is 6.15. The normalized spacial score (nSPS) is 17.4. The molecule has 88 valence electrons. The standard InChI is InChI=1S/C12H11NO4/c1-17-10-3-2-7(5-9(10)14)4-8-6-11(15)13-12(8)16/h2-5,14H,6H2,1H3,(H,13,15,16)/b8-4+. The van der Waals surface area contributed by atoms with E-state index >= 15 is 0 Å². The minimum absolute atomic E-state index is 0.00779. The molecule has 2 rings (SSSR count). The van der Waals surface area contributed by atoms with Gasteiger partial charge in [-0.25, -0.2) is 0 Å². The summed E-state index contributed by atoms with van der Waals surface area (Å²) in [5.74, 6) is -0.338. The molecule has 1 aliphatic heterocycles. The first kappa shape index (κ1) is 11.2. The fourth-order valence-electron chi connectivity index (χ4n) is 1.62. The van der Waals surface area contributed by atoms with Crippen molar-refractivity contribution < 1.29 is 19.4 Å². The van der Waals surface area contributed by atoms with Gasteiger partial charge in [0.15, 0.2) is 11.5 Å². The van der Waals surface area contributed by atoms with Gasteiger partial charge in [-0.15, -0.1) is 0 Å². The minimum atomic E-state index is -0.384. The SMILES string of the molecule is COc1ccc(/C=C2\CC(=O)NC2=O)cc1O. The Balaban J connectivity index is 2.30. The van der Waals surface area contributed by atoms with Crippen LogP contribution < -0.4 is 10.1 Å². The number of phenols is 1. The number of hydrogen-bond donors (Lipinski definition) is 2. The van der Waals surface area contributed by atoms with Gasteiger partial charge in [-0.05, 0) is 23.8 Å². The van der Waals surface area contributed by atoms with Crippen molar-refractivity contribution in [2.75, 3.05) is 7.11 Å². The maximum atomic E-state index is 11.3. The number of nitrogens with one attached hydrogen (secondary N) is 1. The van der Waals surface area contributed by atoms with Crippen LogP contribution in [0.4, 0.5) is 0 Å². The third kappa shape index (κ3) is 2.28. The Morgan fingerprint density at radius 2 is 2.18 bits per heavy atom. The maximum Gasteiger partial charge on any atom is 0.254 e. The van der Waals surface area contributed by atoms with Crippen LogP contribution in [0, 0.1) is 0 Å². The molecule has 0 saturated carbocycles. The molecule has 1 heterocycles. The van der Waals surface area contributed by atoms with Gasteiger partial charge < -0.3 is 9.84 Å². The van der Waals surface area contributed by atoms with E-state index in [1.807, 2.05) is 0 Å². The Morgan fingerprint density at radius 1 is 1.41 bits per heavy atom. The van der Waals surface area contributed by atoms with Crippen LogP contribution in [-0.2, 0) is 9.59 Å². The van der Waals surface area contributed by atoms with Crippen LogP contribution in [0.25, 0.3) is 6.08 Å². The Morgan fingerprint density at radius 3 is 2.71 bits per heavy atom. The summed E-state index contributed by atoms with van der Waals surface area (Å²) in [5.41, 5.74) is 1.03. The lowest BCUT2D eigenvalue weighted by Crippen LogP contribution is -2.19. The van der Waals surface area contributed by atoms with Gasteiger partial charge in [0.2, 0.25) is 5.91 Å². The van der Waals surface area contributed by atoms with E-state index in [0.717, 1.165) is 0 Å². The number of phenolic OH excluding ortho intramolecular Hbond substituents is 1. The summed E-state index contributed by atoms with van der Waals surface area (Å²) in [6.07, 6.45) is 1.64. The highest BCUT2D eigenvalue weighted by atomic mass is 16.5. The lowest BCUT2D eigenvalue weighted by atomic mass is 10.1. The lowest BCUT2D eigenvalue weighted by Gasteiger charge is -2.03. The van der Waals surface area contributed by atoms with Crippen LogP contribution >= 0.6 is 0 Å². The Bertz CT molecular complexity index is 519. The van der Waals surface area contributed by atoms with E-state index < -0.39 is 0 Å². The Kier molecular flexibility index (Phi) is 2.82. The van der Waals surface area contributed by atoms with Crippen molar-refractivity contribution in [3.05, 3.63) is 29.3 Å². The molecule has 1 aromatic rings. The zero-order valence-corrected chi connectivity index (χ0v) is 9.19. The van der Waals surface area contributed by atoms with Gasteiger partial charge in [-0.1, -0.05) is 6.07 Å². The third-order valence-corrected chi connectivity index (χ3v) is 2.44. The molecule has 5 nitrogen and oxygen atoms in total. The van der Waals surface area contributed by atoms with Crippen molar-refractivity contribution in [2.45, 2.75) is 6.42 Å². The summed E-state index contributed by atoms with van der Waals surface area (Å²) in [5, 5.41) is 11.8. The molecule has 0 bridgehead atoms. The van der Waals surface area contributed by atoms with Crippen LogP contribution in [0.2, 0.25) is 0 Å². The number of benzene rings is 1. The third-order valence-electron chi connectivity index (χ3n) is 2.44. The maximum absolute atomic E-state index is 11.3. The van der Waals surface area contributed by atoms with Crippen molar-refractivity contribution in [1.29, 1.82) is 0 Å². The van der Waals surface area contributed by atoms with Crippen molar-refractivity contribution >= 4 is 17.9 Å². The quantitative estimate of drug-likeness (QED) is 0.586. The second-order valence-corrected chi connectivity index (χ2v) is 3.65. The largest absolute Gasteiger partial charge is 0.504 e. The fourth-order valence-corrected chi connectivity index (χ4v) is 1.62. The van der Waals surface area contributed by atoms with E-state index in [0.29, 0.717) is 16.9 Å². The number of carbonyl (C=O) groups is 2. The van der Waals surface area contributed by atoms with E-state index in [4.69, 9.17) is 4.74 Å². The van der Waals surface area contributed by atoms with Crippen LogP contribution in [0.15, 0.2) is 23.8 Å². The molecule has 1 saturated heterocycles. The monoisotopic (exact) mass is 233 g/mol. The Labute approximate surface area is 97.7 Å². The second kappa shape index (κ2) is 4.29. The first-order valence-corrected chi connectivity index (χ1v) is 5.02. The summed E-state index contributed by atoms with van der Waals surface area (Å²) in [6, 6.07) is 4.76. The van der Waals surface area contributed by atoms with Gasteiger partial charge in [0.25, 0.3) is 5.91 Å². The average molecular weight is 233 g/mol. The molecule has 0 atom stereocenters. The number of carbonyl (C=O) groups excluding carboxylic acids is 2. The van der Waals surface area contributed by atoms with Crippen molar-refractivity contribution in [2.24, 2.45) is 0 Å². The second-order valence-electron chi connectivity index (χ2n) is 3.65. The zero-order chi connectivity index (χ0) is 12.4. The van der Waals surface area contributed by atoms with Crippen LogP contribution in [0.1, 0.15) is 12.0 Å². The molecule has 0 spiro atoms. The first-order valence-electron chi connectivity index (χ1n) is 5.02. The average Bonchev–Trinajstić information content (AvgIpc) is 2.58. The molecule has 17 heavy (non-hydrogen) atoms. The van der Waals surface area contributed by atoms with Crippen molar-refractivity contribution in [1.82, 2.24) is 5.32 Å². The molecule has 1 aliphatic rings. The number of methoxy groups -OCH3 is 1. The summed E-state index contributed by atoms with van der Waals surface area (Å²) in [6.45, 7) is 0. The first-order chi connectivity index (χ1) is 8.10. The van der Waals surface area contributed by atoms with E-state index in [-0.39, 0.29) is 24.0 Å². The van der Waals surface area contributed by atoms with Crippen LogP contribution in [0.3, 0.4) is 0 Å². The summed E-state index contributed by atoms with van der Waals surface area (Å²) in [4.78, 5) is 22.3. The number of amides is 2. The van der Waals surface area contributed by atoms with E-state index in [2.05, 4.69) is 5.32 Å². The van der Waals surface area contributed by atoms with Crippen molar-refractivity contribution in [3.63, 3.8) is 0 Å². The molecule has 1 aromatic carbocycles. The molecular formula is C12H11NO4. The van der Waals surface area contributed by atoms with Crippen molar-refractivity contribution in [3.8, 4) is 11.5 Å². The molecular weight excluding hydrogens is 222 g/mol. The van der Waals surface area contributed by atoms with Gasteiger partial charge in [-0.3, -0.25) is 14.9 Å². The molecule has 0 aromatic heterocycles. The predicted octanol–water partition coefficient (Wildman–Crippen LogP) is 0.831. The minimum Gasteiger partial charge on any atom is -0.504 e. The van der Waals surface area contributed by atoms with Gasteiger partial charge in [0.1, 0.15) is 0 Å².